The molecule has 0 bridgehead atoms. The van der Waals surface area contributed by atoms with Gasteiger partial charge in [0, 0.05) is 12.5 Å². The minimum atomic E-state index is -0.636. The number of nitrogens with zero attached hydrogens (tertiary/aromatic N) is 1. The Hall–Kier alpha value is -0.570. The minimum Gasteiger partial charge on any atom is -0.481 e. The lowest BCUT2D eigenvalue weighted by Gasteiger charge is -2.50. The Labute approximate surface area is 123 Å². The van der Waals surface area contributed by atoms with Gasteiger partial charge in [-0.1, -0.05) is 27.7 Å². The fourth-order valence-corrected chi connectivity index (χ4v) is 4.82. The Morgan fingerprint density at radius 3 is 2.05 bits per heavy atom. The predicted octanol–water partition coefficient (Wildman–Crippen LogP) is 3.78. The van der Waals surface area contributed by atoms with Gasteiger partial charge in [-0.05, 0) is 61.9 Å². The van der Waals surface area contributed by atoms with Gasteiger partial charge < -0.3 is 10.0 Å². The Kier molecular flexibility index (Phi) is 4.48. The minimum absolute atomic E-state index is 0.357. The van der Waals surface area contributed by atoms with E-state index in [0.29, 0.717) is 29.2 Å². The van der Waals surface area contributed by atoms with Crippen LogP contribution in [-0.2, 0) is 4.79 Å². The molecule has 1 saturated carbocycles. The van der Waals surface area contributed by atoms with Crippen molar-refractivity contribution in [2.75, 3.05) is 13.1 Å². The lowest BCUT2D eigenvalue weighted by Crippen LogP contribution is -2.49. The number of hydrogen-bond acceptors (Lipinski definition) is 2. The molecule has 1 saturated heterocycles. The number of hydrogen-bond donors (Lipinski definition) is 1. The first-order valence-corrected chi connectivity index (χ1v) is 8.13. The van der Waals surface area contributed by atoms with Crippen molar-refractivity contribution in [3.8, 4) is 0 Å². The molecule has 0 radical (unpaired) electrons. The quantitative estimate of drug-likeness (QED) is 0.856. The highest BCUT2D eigenvalue weighted by molar-refractivity contribution is 5.67. The molecule has 116 valence electrons. The molecule has 0 unspecified atom stereocenters. The van der Waals surface area contributed by atoms with Crippen molar-refractivity contribution in [1.82, 2.24) is 4.90 Å². The molecular weight excluding hydrogens is 250 g/mol. The molecule has 20 heavy (non-hydrogen) atoms. The van der Waals surface area contributed by atoms with Crippen molar-refractivity contribution >= 4 is 5.97 Å². The molecule has 1 heterocycles. The molecule has 0 aromatic heterocycles. The number of carbonyl (C=O) groups is 1. The topological polar surface area (TPSA) is 40.5 Å². The molecule has 3 heteroatoms. The highest BCUT2D eigenvalue weighted by atomic mass is 16.4. The third-order valence-electron chi connectivity index (χ3n) is 5.16. The second-order valence-electron chi connectivity index (χ2n) is 8.64. The van der Waals surface area contributed by atoms with Crippen LogP contribution in [0.25, 0.3) is 0 Å². The van der Waals surface area contributed by atoms with Crippen LogP contribution in [-0.4, -0.2) is 35.1 Å². The monoisotopic (exact) mass is 281 g/mol. The molecule has 0 amide bonds. The number of aliphatic carboxylic acids is 1. The molecule has 1 N–H and O–H groups in total. The van der Waals surface area contributed by atoms with E-state index in [-0.39, 0.29) is 0 Å². The Bertz CT molecular complexity index is 338. The van der Waals surface area contributed by atoms with Crippen LogP contribution in [0.1, 0.15) is 66.2 Å². The molecule has 1 aliphatic carbocycles. The van der Waals surface area contributed by atoms with Crippen LogP contribution in [0.5, 0.6) is 0 Å². The van der Waals surface area contributed by atoms with E-state index < -0.39 is 5.97 Å². The van der Waals surface area contributed by atoms with Crippen LogP contribution >= 0.6 is 0 Å². The van der Waals surface area contributed by atoms with E-state index in [9.17, 15) is 4.79 Å². The fourth-order valence-electron chi connectivity index (χ4n) is 4.82. The van der Waals surface area contributed by atoms with E-state index in [1.165, 1.54) is 19.3 Å². The van der Waals surface area contributed by atoms with Gasteiger partial charge in [0.25, 0.3) is 0 Å². The zero-order chi connectivity index (χ0) is 15.0. The van der Waals surface area contributed by atoms with Gasteiger partial charge in [-0.3, -0.25) is 4.79 Å². The van der Waals surface area contributed by atoms with E-state index in [2.05, 4.69) is 32.6 Å². The van der Waals surface area contributed by atoms with Crippen molar-refractivity contribution in [2.45, 2.75) is 72.3 Å². The van der Waals surface area contributed by atoms with Gasteiger partial charge in [-0.25, -0.2) is 0 Å². The van der Waals surface area contributed by atoms with E-state index in [4.69, 9.17) is 5.11 Å². The maximum atomic E-state index is 10.8. The van der Waals surface area contributed by atoms with Crippen LogP contribution in [0, 0.1) is 16.7 Å². The predicted molar refractivity (Wildman–Crippen MR) is 81.8 cm³/mol. The standard InChI is InChI=1S/C17H31NO2/c1-16(2)10-14(11-17(3,4)12-16)18-7-5-13(6-8-18)9-15(19)20/h13-14H,5-12H2,1-4H3,(H,19,20). The summed E-state index contributed by atoms with van der Waals surface area (Å²) in [6, 6.07) is 0.694. The third-order valence-corrected chi connectivity index (χ3v) is 5.16. The van der Waals surface area contributed by atoms with Gasteiger partial charge in [-0.2, -0.15) is 0 Å². The summed E-state index contributed by atoms with van der Waals surface area (Å²) in [6.45, 7) is 11.8. The Balaban J connectivity index is 1.91. The summed E-state index contributed by atoms with van der Waals surface area (Å²) < 4.78 is 0. The van der Waals surface area contributed by atoms with Crippen LogP contribution in [0.4, 0.5) is 0 Å². The second kappa shape index (κ2) is 5.67. The fraction of sp³-hybridized carbons (Fsp3) is 0.941. The van der Waals surface area contributed by atoms with Gasteiger partial charge in [0.1, 0.15) is 0 Å². The van der Waals surface area contributed by atoms with Crippen molar-refractivity contribution in [3.05, 3.63) is 0 Å². The summed E-state index contributed by atoms with van der Waals surface area (Å²) in [5.41, 5.74) is 0.870. The Morgan fingerprint density at radius 2 is 1.60 bits per heavy atom. The summed E-state index contributed by atoms with van der Waals surface area (Å²) in [7, 11) is 0. The molecule has 0 spiro atoms. The number of likely N-dealkylation sites (tertiary alicyclic amines) is 1. The van der Waals surface area contributed by atoms with E-state index in [0.717, 1.165) is 25.9 Å². The van der Waals surface area contributed by atoms with Gasteiger partial charge in [-0.15, -0.1) is 0 Å². The van der Waals surface area contributed by atoms with Crippen LogP contribution in [0.2, 0.25) is 0 Å². The zero-order valence-corrected chi connectivity index (χ0v) is 13.6. The first-order chi connectivity index (χ1) is 9.17. The summed E-state index contributed by atoms with van der Waals surface area (Å²) >= 11 is 0. The number of carboxylic acid groups (broad SMARTS) is 1. The summed E-state index contributed by atoms with van der Waals surface area (Å²) in [4.78, 5) is 13.4. The number of rotatable bonds is 3. The molecule has 0 aromatic carbocycles. The first kappa shape index (κ1) is 15.8. The van der Waals surface area contributed by atoms with Gasteiger partial charge in [0.2, 0.25) is 0 Å². The van der Waals surface area contributed by atoms with E-state index >= 15 is 0 Å². The normalized spacial score (nSPS) is 28.4. The average molecular weight is 281 g/mol. The van der Waals surface area contributed by atoms with Crippen molar-refractivity contribution in [2.24, 2.45) is 16.7 Å². The maximum Gasteiger partial charge on any atom is 0.303 e. The number of piperidine rings is 1. The molecule has 3 nitrogen and oxygen atoms in total. The lowest BCUT2D eigenvalue weighted by atomic mass is 9.63. The van der Waals surface area contributed by atoms with Crippen molar-refractivity contribution < 1.29 is 9.90 Å². The molecular formula is C17H31NO2. The molecule has 2 fully saturated rings. The maximum absolute atomic E-state index is 10.8. The average Bonchev–Trinajstić information content (AvgIpc) is 2.24. The van der Waals surface area contributed by atoms with Crippen molar-refractivity contribution in [3.63, 3.8) is 0 Å². The Morgan fingerprint density at radius 1 is 1.10 bits per heavy atom. The second-order valence-corrected chi connectivity index (χ2v) is 8.64. The zero-order valence-electron chi connectivity index (χ0n) is 13.6. The van der Waals surface area contributed by atoms with Crippen LogP contribution < -0.4 is 0 Å². The van der Waals surface area contributed by atoms with E-state index in [1.807, 2.05) is 0 Å². The summed E-state index contributed by atoms with van der Waals surface area (Å²) in [5, 5.41) is 8.90. The molecule has 1 aliphatic heterocycles. The van der Waals surface area contributed by atoms with Crippen molar-refractivity contribution in [1.29, 1.82) is 0 Å². The molecule has 0 atom stereocenters. The highest BCUT2D eigenvalue weighted by Gasteiger charge is 2.41. The van der Waals surface area contributed by atoms with Gasteiger partial charge >= 0.3 is 5.97 Å². The molecule has 0 aromatic rings. The highest BCUT2D eigenvalue weighted by Crippen LogP contribution is 2.47. The van der Waals surface area contributed by atoms with E-state index in [1.54, 1.807) is 0 Å². The SMILES string of the molecule is CC1(C)CC(N2CCC(CC(=O)O)CC2)CC(C)(C)C1. The smallest absolute Gasteiger partial charge is 0.303 e. The lowest BCUT2D eigenvalue weighted by molar-refractivity contribution is -0.138. The van der Waals surface area contributed by atoms with Gasteiger partial charge in [0.15, 0.2) is 0 Å². The largest absolute Gasteiger partial charge is 0.481 e. The van der Waals surface area contributed by atoms with Crippen LogP contribution in [0.15, 0.2) is 0 Å². The first-order valence-electron chi connectivity index (χ1n) is 8.13. The number of carboxylic acids is 1. The molecule has 2 aliphatic rings. The molecule has 2 rings (SSSR count). The summed E-state index contributed by atoms with van der Waals surface area (Å²) in [5.74, 6) is -0.239. The van der Waals surface area contributed by atoms with Crippen LogP contribution in [0.3, 0.4) is 0 Å². The summed E-state index contributed by atoms with van der Waals surface area (Å²) in [6.07, 6.45) is 6.37. The van der Waals surface area contributed by atoms with Gasteiger partial charge in [0.05, 0.1) is 0 Å². The third kappa shape index (κ3) is 4.21.